The van der Waals surface area contributed by atoms with Gasteiger partial charge in [-0.1, -0.05) is 36.9 Å². The van der Waals surface area contributed by atoms with E-state index >= 15 is 0 Å². The number of halogens is 1. The first-order valence-electron chi connectivity index (χ1n) is 11.9. The van der Waals surface area contributed by atoms with Gasteiger partial charge in [0.05, 0.1) is 36.8 Å². The number of rotatable bonds is 13. The fraction of sp³-hybridized carbons (Fsp3) is 0.480. The van der Waals surface area contributed by atoms with Crippen LogP contribution in [-0.2, 0) is 0 Å². The van der Waals surface area contributed by atoms with Crippen LogP contribution in [0.25, 0.3) is 5.57 Å². The Morgan fingerprint density at radius 2 is 2.11 bits per heavy atom. The van der Waals surface area contributed by atoms with Crippen molar-refractivity contribution in [3.8, 4) is 11.6 Å². The van der Waals surface area contributed by atoms with Gasteiger partial charge >= 0.3 is 0 Å². The lowest BCUT2D eigenvalue weighted by Crippen LogP contribution is -2.27. The Morgan fingerprint density at radius 1 is 1.34 bits per heavy atom. The second-order valence-corrected chi connectivity index (χ2v) is 9.04. The molecule has 1 heterocycles. The average Bonchev–Trinajstić information content (AvgIpc) is 3.31. The van der Waals surface area contributed by atoms with E-state index in [-0.39, 0.29) is 19.3 Å². The lowest BCUT2D eigenvalue weighted by Gasteiger charge is -2.21. The van der Waals surface area contributed by atoms with E-state index in [2.05, 4.69) is 10.4 Å². The summed E-state index contributed by atoms with van der Waals surface area (Å²) < 4.78 is 13.7. The first kappa shape index (κ1) is 26.6. The van der Waals surface area contributed by atoms with Crippen molar-refractivity contribution in [2.24, 2.45) is 0 Å². The summed E-state index contributed by atoms with van der Waals surface area (Å²) in [7, 11) is 1.88. The molecule has 1 aromatic heterocycles. The summed E-state index contributed by atoms with van der Waals surface area (Å²) in [6, 6.07) is 5.74. The van der Waals surface area contributed by atoms with Crippen LogP contribution in [0.15, 0.2) is 30.6 Å². The number of hydrogen-bond donors (Lipinski definition) is 4. The first-order valence-corrected chi connectivity index (χ1v) is 12.3. The van der Waals surface area contributed by atoms with E-state index in [9.17, 15) is 5.11 Å². The molecule has 9 nitrogen and oxygen atoms in total. The minimum absolute atomic E-state index is 0.0949. The van der Waals surface area contributed by atoms with Crippen molar-refractivity contribution in [2.75, 3.05) is 31.7 Å². The number of aliphatic hydroxyl groups excluding tert-OH is 1. The summed E-state index contributed by atoms with van der Waals surface area (Å²) in [5.41, 5.74) is 2.19. The minimum Gasteiger partial charge on any atom is -0.487 e. The number of nitrogens with one attached hydrogen (secondary N) is 3. The molecule has 1 atom stereocenters. The predicted octanol–water partition coefficient (Wildman–Crippen LogP) is 4.50. The van der Waals surface area contributed by atoms with Gasteiger partial charge in [0.1, 0.15) is 24.1 Å². The van der Waals surface area contributed by atoms with Crippen LogP contribution >= 0.6 is 11.6 Å². The summed E-state index contributed by atoms with van der Waals surface area (Å²) in [6.45, 7) is 2.43. The van der Waals surface area contributed by atoms with Crippen LogP contribution in [0, 0.1) is 10.8 Å². The highest BCUT2D eigenvalue weighted by atomic mass is 35.5. The van der Waals surface area contributed by atoms with Crippen LogP contribution in [0.5, 0.6) is 11.6 Å². The molecule has 0 spiro atoms. The molecule has 1 fully saturated rings. The number of ether oxygens (including phenoxy) is 2. The molecule has 1 aliphatic rings. The van der Waals surface area contributed by atoms with Gasteiger partial charge in [0.2, 0.25) is 0 Å². The van der Waals surface area contributed by atoms with Crippen LogP contribution in [0.1, 0.15) is 50.6 Å². The highest BCUT2D eigenvalue weighted by Crippen LogP contribution is 2.34. The molecule has 0 unspecified atom stereocenters. The molecular weight excluding hydrogens is 468 g/mol. The molecule has 0 bridgehead atoms. The van der Waals surface area contributed by atoms with E-state index in [0.29, 0.717) is 34.8 Å². The smallest absolute Gasteiger partial charge is 0.257 e. The Labute approximate surface area is 211 Å². The molecule has 0 radical (unpaired) electrons. The summed E-state index contributed by atoms with van der Waals surface area (Å²) in [4.78, 5) is 1.88. The molecular formula is C25H35ClN6O3. The molecule has 4 N–H and O–H groups in total. The van der Waals surface area contributed by atoms with Crippen LogP contribution in [0.4, 0.5) is 5.69 Å². The topological polar surface area (TPSA) is 119 Å². The zero-order chi connectivity index (χ0) is 25.2. The number of allylic oxidation sites excluding steroid dienone is 1. The molecule has 0 amide bonds. The lowest BCUT2D eigenvalue weighted by molar-refractivity contribution is 0.194. The Bertz CT molecular complexity index is 1020. The zero-order valence-electron chi connectivity index (χ0n) is 20.3. The Hall–Kier alpha value is -3.04. The fourth-order valence-electron chi connectivity index (χ4n) is 4.12. The number of aromatic nitrogens is 2. The second-order valence-electron chi connectivity index (χ2n) is 8.63. The fourth-order valence-corrected chi connectivity index (χ4v) is 4.28. The molecule has 2 aromatic rings. The summed E-state index contributed by atoms with van der Waals surface area (Å²) >= 11 is 6.34. The van der Waals surface area contributed by atoms with Crippen molar-refractivity contribution in [3.63, 3.8) is 0 Å². The Balaban J connectivity index is 1.86. The molecule has 35 heavy (non-hydrogen) atoms. The molecule has 1 saturated carbocycles. The highest BCUT2D eigenvalue weighted by molar-refractivity contribution is 6.32. The predicted molar refractivity (Wildman–Crippen MR) is 140 cm³/mol. The van der Waals surface area contributed by atoms with E-state index < -0.39 is 0 Å². The Morgan fingerprint density at radius 3 is 2.80 bits per heavy atom. The van der Waals surface area contributed by atoms with Crippen LogP contribution in [0.3, 0.4) is 0 Å². The second kappa shape index (κ2) is 13.2. The van der Waals surface area contributed by atoms with Crippen molar-refractivity contribution in [3.05, 3.63) is 41.2 Å². The quantitative estimate of drug-likeness (QED) is 0.236. The van der Waals surface area contributed by atoms with E-state index in [0.717, 1.165) is 30.4 Å². The molecule has 190 valence electrons. The average molecular weight is 503 g/mol. The normalized spacial score (nSPS) is 15.4. The summed E-state index contributed by atoms with van der Waals surface area (Å²) in [5, 5.41) is 32.3. The maximum absolute atomic E-state index is 9.25. The maximum Gasteiger partial charge on any atom is 0.257 e. The van der Waals surface area contributed by atoms with E-state index in [1.54, 1.807) is 6.07 Å². The van der Waals surface area contributed by atoms with Crippen molar-refractivity contribution in [1.29, 1.82) is 10.8 Å². The number of aliphatic hydroxyl groups is 1. The van der Waals surface area contributed by atoms with Crippen LogP contribution in [-0.4, -0.2) is 60.4 Å². The molecule has 1 aliphatic carbocycles. The third-order valence-electron chi connectivity index (χ3n) is 5.93. The van der Waals surface area contributed by atoms with E-state index in [4.69, 9.17) is 31.9 Å². The molecule has 1 aromatic carbocycles. The first-order chi connectivity index (χ1) is 17.0. The standard InChI is InChI=1S/C25H35ClN6O3/c1-18(14-29-17-28)35-24-12-19(8-9-22(24)26)20(13-27)15-31(2)23-16-32(21-6-4-3-5-7-21)30-25(23)34-11-10-33/h8-9,12-13,15-18,21,27,33H,3-7,10-11,14H2,1-2H3,(H2,28,29)/b20-15+,27-13?/t18-/m0/s1. The maximum atomic E-state index is 9.25. The summed E-state index contributed by atoms with van der Waals surface area (Å²) in [6.07, 6.45) is 11.9. The third-order valence-corrected chi connectivity index (χ3v) is 6.24. The van der Waals surface area contributed by atoms with Gasteiger partial charge in [-0.05, 0) is 37.5 Å². The number of benzene rings is 1. The van der Waals surface area contributed by atoms with Crippen molar-refractivity contribution in [2.45, 2.75) is 51.2 Å². The molecule has 0 aliphatic heterocycles. The molecule has 10 heteroatoms. The van der Waals surface area contributed by atoms with Gasteiger partial charge in [-0.2, -0.15) is 0 Å². The zero-order valence-corrected chi connectivity index (χ0v) is 21.1. The lowest BCUT2D eigenvalue weighted by atomic mass is 9.96. The highest BCUT2D eigenvalue weighted by Gasteiger charge is 2.21. The third kappa shape index (κ3) is 7.22. The monoisotopic (exact) mass is 502 g/mol. The largest absolute Gasteiger partial charge is 0.487 e. The minimum atomic E-state index is -0.198. The Kier molecular flexibility index (Phi) is 9.98. The van der Waals surface area contributed by atoms with Gasteiger partial charge in [-0.3, -0.25) is 10.1 Å². The SMILES string of the molecule is C[C@@H](CNC=N)Oc1cc(/C(C=N)=C/N(C)c2cn(C3CCCCC3)nc2OCCO)ccc1Cl. The van der Waals surface area contributed by atoms with Gasteiger partial charge < -0.3 is 30.2 Å². The number of hydrogen-bond acceptors (Lipinski definition) is 7. The van der Waals surface area contributed by atoms with Crippen LogP contribution < -0.4 is 19.7 Å². The summed E-state index contributed by atoms with van der Waals surface area (Å²) in [5.74, 6) is 0.969. The van der Waals surface area contributed by atoms with Gasteiger partial charge in [-0.15, -0.1) is 5.10 Å². The van der Waals surface area contributed by atoms with Crippen molar-refractivity contribution in [1.82, 2.24) is 15.1 Å². The van der Waals surface area contributed by atoms with Crippen LogP contribution in [0.2, 0.25) is 5.02 Å². The van der Waals surface area contributed by atoms with E-state index in [1.807, 2.05) is 48.1 Å². The molecule has 3 rings (SSSR count). The number of anilines is 1. The van der Waals surface area contributed by atoms with Gasteiger partial charge in [0.15, 0.2) is 0 Å². The van der Waals surface area contributed by atoms with Gasteiger partial charge in [-0.25, -0.2) is 0 Å². The molecule has 0 saturated heterocycles. The van der Waals surface area contributed by atoms with Crippen molar-refractivity contribution < 1.29 is 14.6 Å². The van der Waals surface area contributed by atoms with E-state index in [1.165, 1.54) is 25.5 Å². The number of nitrogens with zero attached hydrogens (tertiary/aromatic N) is 3. The van der Waals surface area contributed by atoms with Gasteiger partial charge in [0, 0.05) is 25.0 Å². The van der Waals surface area contributed by atoms with Gasteiger partial charge in [0.25, 0.3) is 5.88 Å². The van der Waals surface area contributed by atoms with Crippen molar-refractivity contribution >= 4 is 35.4 Å².